The van der Waals surface area contributed by atoms with Crippen molar-refractivity contribution in [2.24, 2.45) is 0 Å². The van der Waals surface area contributed by atoms with Gasteiger partial charge in [-0.2, -0.15) is 0 Å². The van der Waals surface area contributed by atoms with Crippen molar-refractivity contribution in [2.45, 2.75) is 33.6 Å². The third-order valence-electron chi connectivity index (χ3n) is 3.91. The smallest absolute Gasteiger partial charge is 0.0936 e. The van der Waals surface area contributed by atoms with Crippen LogP contribution in [0.3, 0.4) is 0 Å². The fraction of sp³-hybridized carbons (Fsp3) is 0.318. The lowest BCUT2D eigenvalue weighted by molar-refractivity contribution is 0.744. The average molecular weight is 348 g/mol. The predicted octanol–water partition coefficient (Wildman–Crippen LogP) is 5.16. The molecule has 0 fully saturated rings. The van der Waals surface area contributed by atoms with Crippen molar-refractivity contribution in [1.82, 2.24) is 15.0 Å². The average Bonchev–Trinajstić information content (AvgIpc) is 2.70. The van der Waals surface area contributed by atoms with E-state index >= 15 is 0 Å². The predicted molar refractivity (Wildman–Crippen MR) is 109 cm³/mol. The SMILES string of the molecule is CCCN(CCC)c1cccnc1-c1ccncc1.Cc1ccncc1. The molecule has 136 valence electrons. The second-order valence-electron chi connectivity index (χ2n) is 6.12. The molecule has 3 heterocycles. The molecule has 0 spiro atoms. The molecule has 4 heteroatoms. The van der Waals surface area contributed by atoms with Gasteiger partial charge < -0.3 is 4.90 Å². The Morgan fingerprint density at radius 2 is 1.35 bits per heavy atom. The van der Waals surface area contributed by atoms with Gasteiger partial charge in [-0.05, 0) is 61.7 Å². The molecular formula is C22H28N4. The first-order valence-corrected chi connectivity index (χ1v) is 9.23. The first-order valence-electron chi connectivity index (χ1n) is 9.23. The van der Waals surface area contributed by atoms with Gasteiger partial charge in [0.25, 0.3) is 0 Å². The van der Waals surface area contributed by atoms with E-state index in [4.69, 9.17) is 0 Å². The van der Waals surface area contributed by atoms with Gasteiger partial charge in [0.2, 0.25) is 0 Å². The zero-order chi connectivity index (χ0) is 18.6. The second-order valence-corrected chi connectivity index (χ2v) is 6.12. The van der Waals surface area contributed by atoms with Crippen LogP contribution in [-0.4, -0.2) is 28.0 Å². The van der Waals surface area contributed by atoms with Crippen molar-refractivity contribution in [2.75, 3.05) is 18.0 Å². The summed E-state index contributed by atoms with van der Waals surface area (Å²) in [6.45, 7) is 8.60. The van der Waals surface area contributed by atoms with Crippen molar-refractivity contribution in [3.8, 4) is 11.3 Å². The van der Waals surface area contributed by atoms with Crippen LogP contribution in [0.4, 0.5) is 5.69 Å². The van der Waals surface area contributed by atoms with Crippen LogP contribution >= 0.6 is 0 Å². The maximum absolute atomic E-state index is 4.56. The quantitative estimate of drug-likeness (QED) is 0.617. The van der Waals surface area contributed by atoms with Crippen LogP contribution in [0, 0.1) is 6.92 Å². The van der Waals surface area contributed by atoms with Crippen LogP contribution in [0.15, 0.2) is 67.4 Å². The standard InChI is InChI=1S/C16H21N3.C6H7N/c1-3-12-19(13-4-2)15-6-5-9-18-16(15)14-7-10-17-11-8-14;1-6-2-4-7-5-3-6/h5-11H,3-4,12-13H2,1-2H3;2-5H,1H3. The first-order chi connectivity index (χ1) is 12.8. The molecule has 26 heavy (non-hydrogen) atoms. The lowest BCUT2D eigenvalue weighted by Gasteiger charge is -2.25. The molecule has 4 nitrogen and oxygen atoms in total. The summed E-state index contributed by atoms with van der Waals surface area (Å²) in [7, 11) is 0. The van der Waals surface area contributed by atoms with E-state index in [9.17, 15) is 0 Å². The molecule has 0 unspecified atom stereocenters. The summed E-state index contributed by atoms with van der Waals surface area (Å²) in [5.41, 5.74) is 4.65. The minimum absolute atomic E-state index is 1.05. The molecule has 0 saturated carbocycles. The topological polar surface area (TPSA) is 41.9 Å². The van der Waals surface area contributed by atoms with Crippen molar-refractivity contribution < 1.29 is 0 Å². The van der Waals surface area contributed by atoms with E-state index in [0.717, 1.165) is 37.2 Å². The molecule has 3 aromatic rings. The molecule has 0 N–H and O–H groups in total. The number of aryl methyl sites for hydroxylation is 1. The van der Waals surface area contributed by atoms with Gasteiger partial charge in [-0.15, -0.1) is 0 Å². The Morgan fingerprint density at radius 1 is 0.769 bits per heavy atom. The van der Waals surface area contributed by atoms with Gasteiger partial charge in [0, 0.05) is 49.6 Å². The largest absolute Gasteiger partial charge is 0.370 e. The fourth-order valence-electron chi connectivity index (χ4n) is 2.70. The van der Waals surface area contributed by atoms with Crippen molar-refractivity contribution in [1.29, 1.82) is 0 Å². The van der Waals surface area contributed by atoms with Crippen LogP contribution in [0.25, 0.3) is 11.3 Å². The van der Waals surface area contributed by atoms with E-state index < -0.39 is 0 Å². The molecular weight excluding hydrogens is 320 g/mol. The van der Waals surface area contributed by atoms with Crippen molar-refractivity contribution >= 4 is 5.69 Å². The number of pyridine rings is 3. The van der Waals surface area contributed by atoms with Crippen LogP contribution in [0.1, 0.15) is 32.3 Å². The van der Waals surface area contributed by atoms with Crippen LogP contribution in [0.5, 0.6) is 0 Å². The minimum Gasteiger partial charge on any atom is -0.370 e. The van der Waals surface area contributed by atoms with Gasteiger partial charge in [-0.3, -0.25) is 15.0 Å². The fourth-order valence-corrected chi connectivity index (χ4v) is 2.70. The van der Waals surface area contributed by atoms with Gasteiger partial charge in [0.05, 0.1) is 11.4 Å². The molecule has 0 bridgehead atoms. The molecule has 0 aliphatic carbocycles. The maximum Gasteiger partial charge on any atom is 0.0936 e. The normalized spacial score (nSPS) is 9.96. The van der Waals surface area contributed by atoms with Crippen LogP contribution in [0.2, 0.25) is 0 Å². The molecule has 0 aliphatic heterocycles. The van der Waals surface area contributed by atoms with E-state index in [1.54, 1.807) is 12.4 Å². The summed E-state index contributed by atoms with van der Waals surface area (Å²) < 4.78 is 0. The van der Waals surface area contributed by atoms with Gasteiger partial charge in [0.1, 0.15) is 0 Å². The summed E-state index contributed by atoms with van der Waals surface area (Å²) in [4.78, 5) is 14.9. The Kier molecular flexibility index (Phi) is 8.27. The lowest BCUT2D eigenvalue weighted by atomic mass is 10.1. The Morgan fingerprint density at radius 3 is 1.85 bits per heavy atom. The van der Waals surface area contributed by atoms with Gasteiger partial charge in [-0.25, -0.2) is 0 Å². The summed E-state index contributed by atoms with van der Waals surface area (Å²) in [6, 6.07) is 12.1. The monoisotopic (exact) mass is 348 g/mol. The molecule has 0 aromatic carbocycles. The van der Waals surface area contributed by atoms with E-state index in [1.807, 2.05) is 55.8 Å². The summed E-state index contributed by atoms with van der Waals surface area (Å²) >= 11 is 0. The molecule has 0 atom stereocenters. The number of hydrogen-bond donors (Lipinski definition) is 0. The van der Waals surface area contributed by atoms with E-state index in [1.165, 1.54) is 11.3 Å². The highest BCUT2D eigenvalue weighted by Gasteiger charge is 2.12. The number of hydrogen-bond acceptors (Lipinski definition) is 4. The molecule has 0 radical (unpaired) electrons. The van der Waals surface area contributed by atoms with Gasteiger partial charge in [0.15, 0.2) is 0 Å². The highest BCUT2D eigenvalue weighted by atomic mass is 15.1. The van der Waals surface area contributed by atoms with Gasteiger partial charge in [-0.1, -0.05) is 13.8 Å². The van der Waals surface area contributed by atoms with Crippen molar-refractivity contribution in [3.63, 3.8) is 0 Å². The molecule has 0 saturated heterocycles. The first kappa shape index (κ1) is 19.6. The summed E-state index contributed by atoms with van der Waals surface area (Å²) in [6.07, 6.45) is 11.4. The Bertz CT molecular complexity index is 738. The van der Waals surface area contributed by atoms with Gasteiger partial charge >= 0.3 is 0 Å². The molecule has 3 aromatic heterocycles. The molecule has 3 rings (SSSR count). The zero-order valence-corrected chi connectivity index (χ0v) is 16.0. The van der Waals surface area contributed by atoms with Crippen molar-refractivity contribution in [3.05, 3.63) is 72.9 Å². The second kappa shape index (κ2) is 11.0. The summed E-state index contributed by atoms with van der Waals surface area (Å²) in [5, 5.41) is 0. The zero-order valence-electron chi connectivity index (χ0n) is 16.0. The Labute approximate surface area is 157 Å². The minimum atomic E-state index is 1.05. The third kappa shape index (κ3) is 5.96. The number of aromatic nitrogens is 3. The Balaban J connectivity index is 0.000000290. The third-order valence-corrected chi connectivity index (χ3v) is 3.91. The number of rotatable bonds is 6. The van der Waals surface area contributed by atoms with Crippen LogP contribution in [-0.2, 0) is 0 Å². The van der Waals surface area contributed by atoms with E-state index in [2.05, 4.69) is 39.8 Å². The van der Waals surface area contributed by atoms with E-state index in [-0.39, 0.29) is 0 Å². The summed E-state index contributed by atoms with van der Waals surface area (Å²) in [5.74, 6) is 0. The maximum atomic E-state index is 4.56. The molecule has 0 amide bonds. The number of nitrogens with zero attached hydrogens (tertiary/aromatic N) is 4. The Hall–Kier alpha value is -2.75. The highest BCUT2D eigenvalue weighted by Crippen LogP contribution is 2.28. The lowest BCUT2D eigenvalue weighted by Crippen LogP contribution is -2.25. The highest BCUT2D eigenvalue weighted by molar-refractivity contribution is 5.74. The van der Waals surface area contributed by atoms with Crippen LogP contribution < -0.4 is 4.90 Å². The molecule has 0 aliphatic rings. The van der Waals surface area contributed by atoms with E-state index in [0.29, 0.717) is 0 Å². The number of anilines is 1.